The van der Waals surface area contributed by atoms with E-state index in [1.165, 1.54) is 0 Å². The molecule has 0 saturated heterocycles. The van der Waals surface area contributed by atoms with E-state index in [4.69, 9.17) is 35.8 Å². The van der Waals surface area contributed by atoms with Crippen LogP contribution in [-0.2, 0) is 22.6 Å². The summed E-state index contributed by atoms with van der Waals surface area (Å²) in [4.78, 5) is 9.56. The van der Waals surface area contributed by atoms with Crippen LogP contribution in [-0.4, -0.2) is 51.0 Å². The molecule has 10 heteroatoms. The van der Waals surface area contributed by atoms with Crippen LogP contribution in [0.2, 0.25) is 5.02 Å². The van der Waals surface area contributed by atoms with Crippen LogP contribution < -0.4 is 4.74 Å². The zero-order chi connectivity index (χ0) is 23.2. The second-order valence-electron chi connectivity index (χ2n) is 8.06. The maximum atomic E-state index is 6.34. The third-order valence-electron chi connectivity index (χ3n) is 6.09. The number of aliphatic imine (C=N–C) groups is 1. The fourth-order valence-corrected chi connectivity index (χ4v) is 4.57. The zero-order valence-corrected chi connectivity index (χ0v) is 19.4. The largest absolute Gasteiger partial charge is 0.497 e. The molecule has 6 rings (SSSR count). The molecule has 34 heavy (non-hydrogen) atoms. The summed E-state index contributed by atoms with van der Waals surface area (Å²) in [6.45, 7) is 1.27. The summed E-state index contributed by atoms with van der Waals surface area (Å²) in [6.07, 6.45) is 1.79. The number of aromatic nitrogens is 5. The topological polar surface area (TPSA) is 88.6 Å². The van der Waals surface area contributed by atoms with Gasteiger partial charge in [-0.15, -0.1) is 10.2 Å². The molecule has 0 radical (unpaired) electrons. The van der Waals surface area contributed by atoms with Crippen molar-refractivity contribution in [2.24, 2.45) is 4.99 Å². The van der Waals surface area contributed by atoms with Gasteiger partial charge in [-0.2, -0.15) is 0 Å². The molecule has 2 aromatic carbocycles. The van der Waals surface area contributed by atoms with E-state index >= 15 is 0 Å². The predicted octanol–water partition coefficient (Wildman–Crippen LogP) is 3.82. The molecule has 172 valence electrons. The molecule has 9 nitrogen and oxygen atoms in total. The second-order valence-corrected chi connectivity index (χ2v) is 8.50. The lowest BCUT2D eigenvalue weighted by molar-refractivity contribution is 0.174. The molecule has 0 amide bonds. The lowest BCUT2D eigenvalue weighted by Gasteiger charge is -2.09. The van der Waals surface area contributed by atoms with Crippen molar-refractivity contribution in [3.63, 3.8) is 0 Å². The van der Waals surface area contributed by atoms with Gasteiger partial charge in [0.15, 0.2) is 11.6 Å². The fraction of sp³-hybridized carbons (Fsp3) is 0.250. The van der Waals surface area contributed by atoms with E-state index in [0.717, 1.165) is 39.9 Å². The van der Waals surface area contributed by atoms with Crippen LogP contribution in [0.3, 0.4) is 0 Å². The Kier molecular flexibility index (Phi) is 5.08. The van der Waals surface area contributed by atoms with Gasteiger partial charge in [-0.3, -0.25) is 4.57 Å². The minimum absolute atomic E-state index is 0.107. The average Bonchev–Trinajstić information content (AvgIpc) is 3.57. The molecule has 4 aromatic rings. The van der Waals surface area contributed by atoms with Crippen LogP contribution in [0.15, 0.2) is 53.8 Å². The Morgan fingerprint density at radius 1 is 1.12 bits per heavy atom. The van der Waals surface area contributed by atoms with Crippen molar-refractivity contribution in [1.82, 2.24) is 24.3 Å². The normalized spacial score (nSPS) is 16.2. The number of imidazole rings is 1. The van der Waals surface area contributed by atoms with Crippen molar-refractivity contribution in [2.75, 3.05) is 20.8 Å². The Balaban J connectivity index is 1.44. The van der Waals surface area contributed by atoms with Crippen molar-refractivity contribution in [2.45, 2.75) is 19.2 Å². The highest BCUT2D eigenvalue weighted by molar-refractivity contribution is 6.31. The number of methoxy groups -OCH3 is 2. The SMILES string of the molecule is COCc1nnc2n1Cc1c(C3=N[C@@H](c4ccc(OC)cc4)CO3)ncn1-c1ccc(Cl)cc1-2. The molecule has 0 spiro atoms. The maximum Gasteiger partial charge on any atom is 0.238 e. The first kappa shape index (κ1) is 20.9. The first-order valence-corrected chi connectivity index (χ1v) is 11.2. The molecule has 0 N–H and O–H groups in total. The van der Waals surface area contributed by atoms with Crippen molar-refractivity contribution < 1.29 is 14.2 Å². The molecule has 0 bridgehead atoms. The third kappa shape index (κ3) is 3.36. The molecule has 4 heterocycles. The predicted molar refractivity (Wildman–Crippen MR) is 126 cm³/mol. The Morgan fingerprint density at radius 2 is 1.97 bits per heavy atom. The minimum Gasteiger partial charge on any atom is -0.497 e. The van der Waals surface area contributed by atoms with Gasteiger partial charge in [-0.1, -0.05) is 23.7 Å². The highest BCUT2D eigenvalue weighted by Gasteiger charge is 2.31. The summed E-state index contributed by atoms with van der Waals surface area (Å²) in [7, 11) is 3.29. The lowest BCUT2D eigenvalue weighted by atomic mass is 10.1. The molecular formula is C24H21ClN6O3. The van der Waals surface area contributed by atoms with Crippen molar-refractivity contribution in [1.29, 1.82) is 0 Å². The van der Waals surface area contributed by atoms with Gasteiger partial charge in [0.05, 0.1) is 25.0 Å². The highest BCUT2D eigenvalue weighted by atomic mass is 35.5. The summed E-state index contributed by atoms with van der Waals surface area (Å²) in [5, 5.41) is 9.42. The number of fused-ring (bicyclic) bond motifs is 5. The van der Waals surface area contributed by atoms with Gasteiger partial charge in [0, 0.05) is 17.7 Å². The Labute approximate surface area is 200 Å². The van der Waals surface area contributed by atoms with E-state index in [9.17, 15) is 0 Å². The van der Waals surface area contributed by atoms with Gasteiger partial charge in [0.25, 0.3) is 0 Å². The summed E-state index contributed by atoms with van der Waals surface area (Å²) in [5.74, 6) is 2.77. The quantitative estimate of drug-likeness (QED) is 0.383. The van der Waals surface area contributed by atoms with E-state index < -0.39 is 0 Å². The molecule has 2 aliphatic rings. The standard InChI is InChI=1S/C24H21ClN6O3/c1-32-12-21-28-29-23-17-9-15(25)5-8-19(17)31-13-26-22(20(31)10-30(21)23)24-27-18(11-34-24)14-3-6-16(33-2)7-4-14/h3-9,13,18H,10-12H2,1-2H3/t18-/m1/s1. The van der Waals surface area contributed by atoms with Gasteiger partial charge >= 0.3 is 0 Å². The van der Waals surface area contributed by atoms with Crippen molar-refractivity contribution in [3.05, 3.63) is 76.6 Å². The van der Waals surface area contributed by atoms with E-state index in [2.05, 4.69) is 10.2 Å². The number of halogens is 1. The van der Waals surface area contributed by atoms with Gasteiger partial charge in [0.2, 0.25) is 5.90 Å². The molecule has 1 atom stereocenters. The highest BCUT2D eigenvalue weighted by Crippen LogP contribution is 2.35. The Bertz CT molecular complexity index is 1410. The smallest absolute Gasteiger partial charge is 0.238 e. The molecule has 2 aromatic heterocycles. The number of ether oxygens (including phenoxy) is 3. The van der Waals surface area contributed by atoms with Gasteiger partial charge in [0.1, 0.15) is 37.0 Å². The summed E-state index contributed by atoms with van der Waals surface area (Å²) >= 11 is 6.34. The molecule has 0 saturated carbocycles. The lowest BCUT2D eigenvalue weighted by Crippen LogP contribution is -2.13. The van der Waals surface area contributed by atoms with Crippen LogP contribution in [0, 0.1) is 0 Å². The van der Waals surface area contributed by atoms with Crippen LogP contribution in [0.1, 0.15) is 28.8 Å². The monoisotopic (exact) mass is 476 g/mol. The Morgan fingerprint density at radius 3 is 2.76 bits per heavy atom. The maximum absolute atomic E-state index is 6.34. The van der Waals surface area contributed by atoms with E-state index in [0.29, 0.717) is 36.4 Å². The van der Waals surface area contributed by atoms with Crippen LogP contribution in [0.5, 0.6) is 5.75 Å². The summed E-state index contributed by atoms with van der Waals surface area (Å²) in [6, 6.07) is 13.5. The molecule has 0 fully saturated rings. The van der Waals surface area contributed by atoms with Crippen LogP contribution in [0.25, 0.3) is 17.1 Å². The molecular weight excluding hydrogens is 456 g/mol. The third-order valence-corrected chi connectivity index (χ3v) is 6.32. The van der Waals surface area contributed by atoms with Gasteiger partial charge in [-0.05, 0) is 35.9 Å². The Hall–Kier alpha value is -3.69. The summed E-state index contributed by atoms with van der Waals surface area (Å²) < 4.78 is 20.7. The number of benzene rings is 2. The number of hydrogen-bond donors (Lipinski definition) is 0. The molecule has 0 aliphatic carbocycles. The fourth-order valence-electron chi connectivity index (χ4n) is 4.40. The molecule has 2 aliphatic heterocycles. The van der Waals surface area contributed by atoms with Gasteiger partial charge in [-0.25, -0.2) is 9.98 Å². The van der Waals surface area contributed by atoms with Crippen LogP contribution >= 0.6 is 11.6 Å². The second kappa shape index (κ2) is 8.27. The first-order valence-electron chi connectivity index (χ1n) is 10.8. The minimum atomic E-state index is -0.107. The number of rotatable bonds is 5. The van der Waals surface area contributed by atoms with Crippen LogP contribution in [0.4, 0.5) is 0 Å². The zero-order valence-electron chi connectivity index (χ0n) is 18.6. The first-order chi connectivity index (χ1) is 16.7. The molecule has 0 unspecified atom stereocenters. The van der Waals surface area contributed by atoms with E-state index in [1.54, 1.807) is 20.5 Å². The van der Waals surface area contributed by atoms with Crippen molar-refractivity contribution >= 4 is 17.5 Å². The average molecular weight is 477 g/mol. The van der Waals surface area contributed by atoms with E-state index in [1.807, 2.05) is 51.6 Å². The van der Waals surface area contributed by atoms with E-state index in [-0.39, 0.29) is 6.04 Å². The number of hydrogen-bond acceptors (Lipinski definition) is 7. The summed E-state index contributed by atoms with van der Waals surface area (Å²) in [5.41, 5.74) is 4.47. The van der Waals surface area contributed by atoms with Crippen molar-refractivity contribution in [3.8, 4) is 22.8 Å². The number of nitrogens with zero attached hydrogens (tertiary/aromatic N) is 6. The van der Waals surface area contributed by atoms with Gasteiger partial charge < -0.3 is 18.8 Å².